The van der Waals surface area contributed by atoms with Gasteiger partial charge in [-0.1, -0.05) is 29.3 Å². The second-order valence-electron chi connectivity index (χ2n) is 5.16. The Morgan fingerprint density at radius 1 is 1.24 bits per heavy atom. The smallest absolute Gasteiger partial charge is 0.238 e. The summed E-state index contributed by atoms with van der Waals surface area (Å²) in [5, 5.41) is 6.24. The maximum Gasteiger partial charge on any atom is 0.238 e. The van der Waals surface area contributed by atoms with Crippen LogP contribution in [0.1, 0.15) is 12.8 Å². The second kappa shape index (κ2) is 7.11. The van der Waals surface area contributed by atoms with E-state index in [1.807, 2.05) is 0 Å². The van der Waals surface area contributed by atoms with Crippen LogP contribution in [0.5, 0.6) is 0 Å². The number of carbonyl (C=O) groups excluding carboxylic acids is 2. The van der Waals surface area contributed by atoms with E-state index in [9.17, 15) is 9.59 Å². The van der Waals surface area contributed by atoms with E-state index >= 15 is 0 Å². The molecule has 1 aromatic rings. The number of benzene rings is 1. The van der Waals surface area contributed by atoms with Crippen molar-refractivity contribution in [2.75, 3.05) is 25.5 Å². The van der Waals surface area contributed by atoms with Gasteiger partial charge in [-0.3, -0.25) is 14.5 Å². The standard InChI is InChI=1S/C14H17Cl2N3O2/c1-19(7-12(20)17-9-5-6-9)8-13(21)18-11-4-2-3-10(15)14(11)16/h2-4,9H,5-8H2,1H3,(H,17,20)(H,18,21). The zero-order chi connectivity index (χ0) is 15.4. The van der Waals surface area contributed by atoms with Crippen LogP contribution in [0.2, 0.25) is 10.0 Å². The number of nitrogens with one attached hydrogen (secondary N) is 2. The summed E-state index contributed by atoms with van der Waals surface area (Å²) in [6.45, 7) is 0.286. The second-order valence-corrected chi connectivity index (χ2v) is 5.95. The molecule has 21 heavy (non-hydrogen) atoms. The van der Waals surface area contributed by atoms with Crippen LogP contribution in [-0.4, -0.2) is 42.9 Å². The molecule has 1 fully saturated rings. The van der Waals surface area contributed by atoms with E-state index in [-0.39, 0.29) is 24.9 Å². The highest BCUT2D eigenvalue weighted by molar-refractivity contribution is 6.43. The van der Waals surface area contributed by atoms with Crippen LogP contribution < -0.4 is 10.6 Å². The van der Waals surface area contributed by atoms with Crippen LogP contribution >= 0.6 is 23.2 Å². The van der Waals surface area contributed by atoms with Gasteiger partial charge in [0.2, 0.25) is 11.8 Å². The Labute approximate surface area is 133 Å². The van der Waals surface area contributed by atoms with Gasteiger partial charge in [0.15, 0.2) is 0 Å². The molecule has 0 unspecified atom stereocenters. The Kier molecular flexibility index (Phi) is 5.45. The molecule has 0 aromatic heterocycles. The van der Waals surface area contributed by atoms with E-state index < -0.39 is 0 Å². The highest BCUT2D eigenvalue weighted by atomic mass is 35.5. The third-order valence-electron chi connectivity index (χ3n) is 3.00. The number of hydrogen-bond donors (Lipinski definition) is 2. The van der Waals surface area contributed by atoms with Crippen molar-refractivity contribution < 1.29 is 9.59 Å². The monoisotopic (exact) mass is 329 g/mol. The molecule has 5 nitrogen and oxygen atoms in total. The van der Waals surface area contributed by atoms with Crippen molar-refractivity contribution in [3.8, 4) is 0 Å². The van der Waals surface area contributed by atoms with Gasteiger partial charge in [0.1, 0.15) is 0 Å². The Hall–Kier alpha value is -1.30. The van der Waals surface area contributed by atoms with Crippen molar-refractivity contribution in [3.63, 3.8) is 0 Å². The Morgan fingerprint density at radius 3 is 2.57 bits per heavy atom. The average Bonchev–Trinajstić information content (AvgIpc) is 3.18. The Morgan fingerprint density at radius 2 is 1.90 bits per heavy atom. The first-order valence-electron chi connectivity index (χ1n) is 6.67. The summed E-state index contributed by atoms with van der Waals surface area (Å²) in [7, 11) is 1.71. The molecule has 114 valence electrons. The molecule has 2 amide bonds. The van der Waals surface area contributed by atoms with Gasteiger partial charge < -0.3 is 10.6 Å². The van der Waals surface area contributed by atoms with E-state index in [1.54, 1.807) is 30.1 Å². The van der Waals surface area contributed by atoms with Crippen LogP contribution in [0.4, 0.5) is 5.69 Å². The van der Waals surface area contributed by atoms with E-state index in [0.717, 1.165) is 12.8 Å². The van der Waals surface area contributed by atoms with Crippen molar-refractivity contribution in [3.05, 3.63) is 28.2 Å². The van der Waals surface area contributed by atoms with E-state index in [0.29, 0.717) is 21.8 Å². The van der Waals surface area contributed by atoms with Crippen molar-refractivity contribution in [2.45, 2.75) is 18.9 Å². The van der Waals surface area contributed by atoms with Crippen molar-refractivity contribution in [1.29, 1.82) is 0 Å². The Bertz CT molecular complexity index is 547. The zero-order valence-electron chi connectivity index (χ0n) is 11.7. The molecule has 2 N–H and O–H groups in total. The van der Waals surface area contributed by atoms with Gasteiger partial charge in [-0.2, -0.15) is 0 Å². The summed E-state index contributed by atoms with van der Waals surface area (Å²) in [6, 6.07) is 5.35. The molecular formula is C14H17Cl2N3O2. The maximum absolute atomic E-state index is 11.9. The van der Waals surface area contributed by atoms with Gasteiger partial charge in [-0.25, -0.2) is 0 Å². The number of anilines is 1. The Balaban J connectivity index is 1.80. The first-order chi connectivity index (χ1) is 9.95. The molecule has 1 aliphatic rings. The number of carbonyl (C=O) groups is 2. The van der Waals surface area contributed by atoms with Crippen molar-refractivity contribution >= 4 is 40.7 Å². The lowest BCUT2D eigenvalue weighted by atomic mass is 10.3. The molecule has 1 aliphatic carbocycles. The lowest BCUT2D eigenvalue weighted by Crippen LogP contribution is -2.39. The fourth-order valence-electron chi connectivity index (χ4n) is 1.84. The molecule has 2 rings (SSSR count). The first kappa shape index (κ1) is 16.1. The quantitative estimate of drug-likeness (QED) is 0.840. The fourth-order valence-corrected chi connectivity index (χ4v) is 2.19. The number of rotatable bonds is 6. The van der Waals surface area contributed by atoms with Gasteiger partial charge in [0.05, 0.1) is 28.8 Å². The molecule has 1 saturated carbocycles. The number of likely N-dealkylation sites (N-methyl/N-ethyl adjacent to an activating group) is 1. The predicted octanol–water partition coefficient (Wildman–Crippen LogP) is 2.14. The summed E-state index contributed by atoms with van der Waals surface area (Å²) in [4.78, 5) is 25.2. The van der Waals surface area contributed by atoms with Gasteiger partial charge in [-0.15, -0.1) is 0 Å². The maximum atomic E-state index is 11.9. The zero-order valence-corrected chi connectivity index (χ0v) is 13.2. The molecule has 0 spiro atoms. The van der Waals surface area contributed by atoms with E-state index in [1.165, 1.54) is 0 Å². The third kappa shape index (κ3) is 5.19. The SMILES string of the molecule is CN(CC(=O)Nc1cccc(Cl)c1Cl)CC(=O)NC1CC1. The van der Waals surface area contributed by atoms with Crippen LogP contribution in [0.15, 0.2) is 18.2 Å². The predicted molar refractivity (Wildman–Crippen MR) is 83.8 cm³/mol. The number of hydrogen-bond acceptors (Lipinski definition) is 3. The molecule has 0 saturated heterocycles. The number of nitrogens with zero attached hydrogens (tertiary/aromatic N) is 1. The summed E-state index contributed by atoms with van der Waals surface area (Å²) in [5.41, 5.74) is 0.463. The van der Waals surface area contributed by atoms with Crippen LogP contribution in [-0.2, 0) is 9.59 Å². The van der Waals surface area contributed by atoms with Gasteiger partial charge in [0.25, 0.3) is 0 Å². The molecule has 1 aromatic carbocycles. The minimum absolute atomic E-state index is 0.0615. The first-order valence-corrected chi connectivity index (χ1v) is 7.43. The highest BCUT2D eigenvalue weighted by Crippen LogP contribution is 2.29. The van der Waals surface area contributed by atoms with Crippen LogP contribution in [0, 0.1) is 0 Å². The number of amides is 2. The number of halogens is 2. The van der Waals surface area contributed by atoms with Gasteiger partial charge in [0, 0.05) is 6.04 Å². The molecule has 7 heteroatoms. The molecule has 0 bridgehead atoms. The van der Waals surface area contributed by atoms with Crippen molar-refractivity contribution in [2.24, 2.45) is 0 Å². The lowest BCUT2D eigenvalue weighted by molar-refractivity contribution is -0.123. The molecule has 0 aliphatic heterocycles. The largest absolute Gasteiger partial charge is 0.352 e. The van der Waals surface area contributed by atoms with Crippen molar-refractivity contribution in [1.82, 2.24) is 10.2 Å². The highest BCUT2D eigenvalue weighted by Gasteiger charge is 2.23. The summed E-state index contributed by atoms with van der Waals surface area (Å²) >= 11 is 11.9. The van der Waals surface area contributed by atoms with Crippen LogP contribution in [0.3, 0.4) is 0 Å². The summed E-state index contributed by atoms with van der Waals surface area (Å²) in [6.07, 6.45) is 2.09. The third-order valence-corrected chi connectivity index (χ3v) is 3.81. The minimum atomic E-state index is -0.249. The lowest BCUT2D eigenvalue weighted by Gasteiger charge is -2.16. The minimum Gasteiger partial charge on any atom is -0.352 e. The fraction of sp³-hybridized carbons (Fsp3) is 0.429. The summed E-state index contributed by atoms with van der Waals surface area (Å²) in [5.74, 6) is -0.311. The van der Waals surface area contributed by atoms with Gasteiger partial charge in [-0.05, 0) is 32.0 Å². The average molecular weight is 330 g/mol. The topological polar surface area (TPSA) is 61.4 Å². The molecule has 0 atom stereocenters. The molecule has 0 radical (unpaired) electrons. The van der Waals surface area contributed by atoms with E-state index in [2.05, 4.69) is 10.6 Å². The molecular weight excluding hydrogens is 313 g/mol. The van der Waals surface area contributed by atoms with Crippen LogP contribution in [0.25, 0.3) is 0 Å². The summed E-state index contributed by atoms with van der Waals surface area (Å²) < 4.78 is 0. The normalized spacial score (nSPS) is 14.1. The molecule has 0 heterocycles. The van der Waals surface area contributed by atoms with Gasteiger partial charge >= 0.3 is 0 Å². The van der Waals surface area contributed by atoms with E-state index in [4.69, 9.17) is 23.2 Å².